The Hall–Kier alpha value is -2.62. The maximum absolute atomic E-state index is 11.0. The second-order valence-corrected chi connectivity index (χ2v) is 4.17. The number of nitriles is 1. The van der Waals surface area contributed by atoms with E-state index in [2.05, 4.69) is 4.74 Å². The van der Waals surface area contributed by atoms with Gasteiger partial charge in [-0.2, -0.15) is 5.26 Å². The number of esters is 1. The number of ether oxygens (including phenoxy) is 1. The molecule has 0 aliphatic heterocycles. The molecule has 0 heterocycles. The van der Waals surface area contributed by atoms with Gasteiger partial charge in [0.15, 0.2) is 0 Å². The van der Waals surface area contributed by atoms with Crippen molar-refractivity contribution in [3.8, 4) is 6.07 Å². The number of anilines is 1. The fraction of sp³-hybridized carbons (Fsp3) is 0.385. The maximum atomic E-state index is 11.0. The van der Waals surface area contributed by atoms with Gasteiger partial charge in [0.25, 0.3) is 5.69 Å². The van der Waals surface area contributed by atoms with E-state index in [1.54, 1.807) is 11.9 Å². The molecular weight excluding hydrogens is 262 g/mol. The molecule has 106 valence electrons. The fourth-order valence-electron chi connectivity index (χ4n) is 1.74. The zero-order valence-corrected chi connectivity index (χ0v) is 11.3. The number of methoxy groups -OCH3 is 1. The van der Waals surface area contributed by atoms with Crippen LogP contribution >= 0.6 is 0 Å². The van der Waals surface area contributed by atoms with Crippen molar-refractivity contribution in [2.45, 2.75) is 12.8 Å². The number of carbonyl (C=O) groups excluding carboxylic acids is 1. The lowest BCUT2D eigenvalue weighted by Crippen LogP contribution is -2.20. The molecule has 0 radical (unpaired) electrons. The van der Waals surface area contributed by atoms with Gasteiger partial charge in [0.1, 0.15) is 5.69 Å². The van der Waals surface area contributed by atoms with E-state index in [0.717, 1.165) is 0 Å². The summed E-state index contributed by atoms with van der Waals surface area (Å²) in [4.78, 5) is 23.2. The largest absolute Gasteiger partial charge is 0.469 e. The molecule has 7 heteroatoms. The Morgan fingerprint density at radius 3 is 2.80 bits per heavy atom. The van der Waals surface area contributed by atoms with E-state index in [0.29, 0.717) is 24.2 Å². The smallest absolute Gasteiger partial charge is 0.305 e. The van der Waals surface area contributed by atoms with Crippen molar-refractivity contribution in [3.63, 3.8) is 0 Å². The maximum Gasteiger partial charge on any atom is 0.305 e. The van der Waals surface area contributed by atoms with E-state index < -0.39 is 4.92 Å². The van der Waals surface area contributed by atoms with Crippen LogP contribution in [0.15, 0.2) is 18.2 Å². The van der Waals surface area contributed by atoms with Crippen LogP contribution in [0.4, 0.5) is 11.4 Å². The summed E-state index contributed by atoms with van der Waals surface area (Å²) < 4.78 is 4.53. The Morgan fingerprint density at radius 1 is 1.55 bits per heavy atom. The molecule has 0 aromatic heterocycles. The van der Waals surface area contributed by atoms with Gasteiger partial charge in [-0.15, -0.1) is 0 Å². The monoisotopic (exact) mass is 277 g/mol. The molecule has 0 bridgehead atoms. The summed E-state index contributed by atoms with van der Waals surface area (Å²) in [6.45, 7) is 0.449. The molecule has 1 aromatic rings. The van der Waals surface area contributed by atoms with Crippen LogP contribution in [0.1, 0.15) is 18.4 Å². The third-order valence-electron chi connectivity index (χ3n) is 2.81. The molecular formula is C13H15N3O4. The molecule has 0 spiro atoms. The van der Waals surface area contributed by atoms with Crippen LogP contribution < -0.4 is 4.90 Å². The Balaban J connectivity index is 2.85. The van der Waals surface area contributed by atoms with Gasteiger partial charge in [-0.3, -0.25) is 14.9 Å². The fourth-order valence-corrected chi connectivity index (χ4v) is 1.74. The van der Waals surface area contributed by atoms with Crippen molar-refractivity contribution in [2.24, 2.45) is 0 Å². The number of rotatable bonds is 6. The normalized spacial score (nSPS) is 9.65. The van der Waals surface area contributed by atoms with Crippen molar-refractivity contribution in [1.82, 2.24) is 0 Å². The van der Waals surface area contributed by atoms with Crippen LogP contribution in [-0.2, 0) is 9.53 Å². The summed E-state index contributed by atoms with van der Waals surface area (Å²) in [7, 11) is 2.99. The van der Waals surface area contributed by atoms with E-state index in [9.17, 15) is 14.9 Å². The summed E-state index contributed by atoms with van der Waals surface area (Å²) in [5.74, 6) is -0.321. The van der Waals surface area contributed by atoms with Crippen molar-refractivity contribution >= 4 is 17.3 Å². The van der Waals surface area contributed by atoms with Crippen molar-refractivity contribution in [1.29, 1.82) is 5.26 Å². The molecule has 0 atom stereocenters. The number of nitrogens with zero attached hydrogens (tertiary/aromatic N) is 3. The van der Waals surface area contributed by atoms with Gasteiger partial charge in [0.05, 0.1) is 23.7 Å². The summed E-state index contributed by atoms with van der Waals surface area (Å²) in [6.07, 6.45) is 0.754. The molecule has 0 saturated heterocycles. The highest BCUT2D eigenvalue weighted by atomic mass is 16.6. The number of nitro groups is 1. The first kappa shape index (κ1) is 15.4. The first-order valence-corrected chi connectivity index (χ1v) is 5.96. The van der Waals surface area contributed by atoms with E-state index in [4.69, 9.17) is 5.26 Å². The molecule has 1 rings (SSSR count). The van der Waals surface area contributed by atoms with E-state index in [-0.39, 0.29) is 18.1 Å². The molecule has 1 aromatic carbocycles. The molecule has 0 unspecified atom stereocenters. The Labute approximate surface area is 116 Å². The SMILES string of the molecule is COC(=O)CCCN(C)c1cc(C#N)ccc1[N+](=O)[O-]. The molecule has 20 heavy (non-hydrogen) atoms. The van der Waals surface area contributed by atoms with Gasteiger partial charge < -0.3 is 9.64 Å². The molecule has 0 saturated carbocycles. The second-order valence-electron chi connectivity index (χ2n) is 4.17. The summed E-state index contributed by atoms with van der Waals surface area (Å²) in [5, 5.41) is 19.8. The highest BCUT2D eigenvalue weighted by Crippen LogP contribution is 2.28. The van der Waals surface area contributed by atoms with Gasteiger partial charge in [-0.25, -0.2) is 0 Å². The minimum Gasteiger partial charge on any atom is -0.469 e. The predicted molar refractivity (Wildman–Crippen MR) is 72.3 cm³/mol. The average Bonchev–Trinajstić information content (AvgIpc) is 2.45. The zero-order valence-electron chi connectivity index (χ0n) is 11.3. The third-order valence-corrected chi connectivity index (χ3v) is 2.81. The Bertz CT molecular complexity index is 551. The molecule has 7 nitrogen and oxygen atoms in total. The third kappa shape index (κ3) is 3.95. The minimum absolute atomic E-state index is 0.0652. The van der Waals surface area contributed by atoms with Crippen LogP contribution in [0.25, 0.3) is 0 Å². The van der Waals surface area contributed by atoms with Gasteiger partial charge in [-0.05, 0) is 18.6 Å². The van der Waals surface area contributed by atoms with Crippen LogP contribution in [0, 0.1) is 21.4 Å². The standard InChI is InChI=1S/C13H15N3O4/c1-15(7-3-4-13(17)20-2)12-8-10(9-14)5-6-11(12)16(18)19/h5-6,8H,3-4,7H2,1-2H3. The molecule has 0 fully saturated rings. The average molecular weight is 277 g/mol. The topological polar surface area (TPSA) is 96.5 Å². The minimum atomic E-state index is -0.493. The first-order valence-electron chi connectivity index (χ1n) is 5.96. The lowest BCUT2D eigenvalue weighted by atomic mass is 10.1. The highest BCUT2D eigenvalue weighted by molar-refractivity contribution is 5.69. The summed E-state index contributed by atoms with van der Waals surface area (Å²) in [6, 6.07) is 6.13. The van der Waals surface area contributed by atoms with Crippen molar-refractivity contribution < 1.29 is 14.5 Å². The molecule has 0 aliphatic carbocycles. The van der Waals surface area contributed by atoms with Crippen molar-refractivity contribution in [2.75, 3.05) is 25.6 Å². The molecule has 0 aliphatic rings. The number of hydrogen-bond donors (Lipinski definition) is 0. The van der Waals surface area contributed by atoms with Crippen LogP contribution in [0.3, 0.4) is 0 Å². The Kier molecular flexibility index (Phi) is 5.47. The summed E-state index contributed by atoms with van der Waals surface area (Å²) >= 11 is 0. The van der Waals surface area contributed by atoms with Gasteiger partial charge in [-0.1, -0.05) is 0 Å². The van der Waals surface area contributed by atoms with Gasteiger partial charge >= 0.3 is 5.97 Å². The predicted octanol–water partition coefficient (Wildman–Crippen LogP) is 1.86. The van der Waals surface area contributed by atoms with E-state index in [1.807, 2.05) is 6.07 Å². The van der Waals surface area contributed by atoms with E-state index >= 15 is 0 Å². The van der Waals surface area contributed by atoms with E-state index in [1.165, 1.54) is 25.3 Å². The van der Waals surface area contributed by atoms with Crippen LogP contribution in [0.2, 0.25) is 0 Å². The first-order chi connectivity index (χ1) is 9.49. The second kappa shape index (κ2) is 7.09. The molecule has 0 amide bonds. The van der Waals surface area contributed by atoms with Gasteiger partial charge in [0, 0.05) is 26.1 Å². The molecule has 0 N–H and O–H groups in total. The number of benzene rings is 1. The lowest BCUT2D eigenvalue weighted by Gasteiger charge is -2.19. The van der Waals surface area contributed by atoms with Gasteiger partial charge in [0.2, 0.25) is 0 Å². The van der Waals surface area contributed by atoms with Crippen LogP contribution in [0.5, 0.6) is 0 Å². The number of nitro benzene ring substituents is 1. The Morgan fingerprint density at radius 2 is 2.25 bits per heavy atom. The van der Waals surface area contributed by atoms with Crippen LogP contribution in [-0.4, -0.2) is 31.6 Å². The number of carbonyl (C=O) groups is 1. The highest BCUT2D eigenvalue weighted by Gasteiger charge is 2.17. The zero-order chi connectivity index (χ0) is 15.1. The lowest BCUT2D eigenvalue weighted by molar-refractivity contribution is -0.384. The summed E-state index contributed by atoms with van der Waals surface area (Å²) in [5.41, 5.74) is 0.647. The van der Waals surface area contributed by atoms with Crippen molar-refractivity contribution in [3.05, 3.63) is 33.9 Å². The number of hydrogen-bond acceptors (Lipinski definition) is 6. The quantitative estimate of drug-likeness (QED) is 0.447.